The molecule has 4 rings (SSSR count). The number of rotatable bonds is 2. The van der Waals surface area contributed by atoms with Gasteiger partial charge in [-0.25, -0.2) is 14.6 Å². The number of esters is 2. The maximum absolute atomic E-state index is 11.9. The van der Waals surface area contributed by atoms with E-state index in [0.717, 1.165) is 16.9 Å². The maximum atomic E-state index is 11.9. The molecule has 0 N–H and O–H groups in total. The van der Waals surface area contributed by atoms with Crippen molar-refractivity contribution in [2.24, 2.45) is 0 Å². The van der Waals surface area contributed by atoms with Crippen LogP contribution in [0.1, 0.15) is 32.1 Å². The van der Waals surface area contributed by atoms with Crippen LogP contribution in [0, 0.1) is 6.92 Å². The highest BCUT2D eigenvalue weighted by Gasteiger charge is 2.33. The molecule has 5 heteroatoms. The molecule has 3 aromatic rings. The zero-order valence-corrected chi connectivity index (χ0v) is 11.9. The lowest BCUT2D eigenvalue weighted by Crippen LogP contribution is -2.02. The number of carbonyl (C=O) groups excluding carboxylic acids is 2. The molecular weight excluding hydrogens is 280 g/mol. The highest BCUT2D eigenvalue weighted by atomic mass is 16.6. The molecule has 1 aliphatic heterocycles. The summed E-state index contributed by atoms with van der Waals surface area (Å²) in [5.74, 6) is -0.425. The van der Waals surface area contributed by atoms with Crippen LogP contribution in [-0.2, 0) is 11.3 Å². The molecule has 0 unspecified atom stereocenters. The summed E-state index contributed by atoms with van der Waals surface area (Å²) in [5, 5.41) is 0. The molecule has 0 saturated heterocycles. The fourth-order valence-electron chi connectivity index (χ4n) is 2.84. The van der Waals surface area contributed by atoms with Crippen LogP contribution >= 0.6 is 0 Å². The van der Waals surface area contributed by atoms with E-state index >= 15 is 0 Å². The minimum Gasteiger partial charge on any atom is -0.386 e. The highest BCUT2D eigenvalue weighted by Crippen LogP contribution is 2.29. The maximum Gasteiger partial charge on any atom is 0.349 e. The Kier molecular flexibility index (Phi) is 2.63. The van der Waals surface area contributed by atoms with Gasteiger partial charge in [-0.2, -0.15) is 0 Å². The topological polar surface area (TPSA) is 61.2 Å². The first-order valence-electron chi connectivity index (χ1n) is 6.95. The number of benzene rings is 2. The van der Waals surface area contributed by atoms with E-state index in [1.807, 2.05) is 47.9 Å². The van der Waals surface area contributed by atoms with Crippen LogP contribution in [0.15, 0.2) is 42.5 Å². The van der Waals surface area contributed by atoms with Crippen LogP contribution in [0.5, 0.6) is 0 Å². The fourth-order valence-corrected chi connectivity index (χ4v) is 2.84. The number of nitrogens with zero attached hydrogens (tertiary/aromatic N) is 2. The molecule has 2 aromatic carbocycles. The third-order valence-corrected chi connectivity index (χ3v) is 3.90. The first-order chi connectivity index (χ1) is 10.6. The normalized spacial score (nSPS) is 13.5. The van der Waals surface area contributed by atoms with Gasteiger partial charge in [0.25, 0.3) is 0 Å². The van der Waals surface area contributed by atoms with Gasteiger partial charge in [0.05, 0.1) is 11.1 Å². The predicted molar refractivity (Wildman–Crippen MR) is 79.8 cm³/mol. The van der Waals surface area contributed by atoms with E-state index < -0.39 is 11.9 Å². The van der Waals surface area contributed by atoms with Gasteiger partial charge in [0.15, 0.2) is 0 Å². The summed E-state index contributed by atoms with van der Waals surface area (Å²) >= 11 is 0. The van der Waals surface area contributed by atoms with Gasteiger partial charge in [-0.1, -0.05) is 30.3 Å². The van der Waals surface area contributed by atoms with E-state index in [1.54, 1.807) is 6.07 Å². The minimum absolute atomic E-state index is 0.275. The van der Waals surface area contributed by atoms with Crippen LogP contribution in [0.2, 0.25) is 0 Å². The van der Waals surface area contributed by atoms with E-state index in [-0.39, 0.29) is 5.56 Å². The van der Waals surface area contributed by atoms with Gasteiger partial charge in [0, 0.05) is 6.54 Å². The molecule has 108 valence electrons. The number of hydrogen-bond acceptors (Lipinski definition) is 4. The molecule has 0 bridgehead atoms. The monoisotopic (exact) mass is 292 g/mol. The van der Waals surface area contributed by atoms with E-state index in [9.17, 15) is 9.59 Å². The second kappa shape index (κ2) is 4.53. The third-order valence-electron chi connectivity index (χ3n) is 3.90. The molecule has 2 heterocycles. The predicted octanol–water partition coefficient (Wildman–Crippen LogP) is 2.70. The van der Waals surface area contributed by atoms with E-state index in [2.05, 4.69) is 9.72 Å². The Labute approximate surface area is 126 Å². The van der Waals surface area contributed by atoms with Crippen LogP contribution in [-0.4, -0.2) is 21.5 Å². The van der Waals surface area contributed by atoms with Crippen LogP contribution in [0.4, 0.5) is 0 Å². The Bertz CT molecular complexity index is 926. The molecule has 0 atom stereocenters. The largest absolute Gasteiger partial charge is 0.386 e. The SMILES string of the molecule is Cc1nc2c3c(ccc2n1Cc1ccccc1)C(=O)OC3=O. The summed E-state index contributed by atoms with van der Waals surface area (Å²) in [6.07, 6.45) is 0. The zero-order valence-electron chi connectivity index (χ0n) is 11.9. The van der Waals surface area contributed by atoms with Crippen molar-refractivity contribution in [3.05, 3.63) is 65.0 Å². The summed E-state index contributed by atoms with van der Waals surface area (Å²) < 4.78 is 6.71. The Morgan fingerprint density at radius 2 is 1.82 bits per heavy atom. The number of aryl methyl sites for hydroxylation is 1. The van der Waals surface area contributed by atoms with Crippen LogP contribution < -0.4 is 0 Å². The van der Waals surface area contributed by atoms with Crippen molar-refractivity contribution in [1.29, 1.82) is 0 Å². The first kappa shape index (κ1) is 12.8. The lowest BCUT2D eigenvalue weighted by molar-refractivity contribution is 0.0444. The summed E-state index contributed by atoms with van der Waals surface area (Å²) in [7, 11) is 0. The third kappa shape index (κ3) is 1.75. The molecule has 0 amide bonds. The Morgan fingerprint density at radius 1 is 1.05 bits per heavy atom. The van der Waals surface area contributed by atoms with Crippen molar-refractivity contribution in [2.45, 2.75) is 13.5 Å². The molecular formula is C17H12N2O3. The number of aromatic nitrogens is 2. The number of cyclic esters (lactones) is 2. The van der Waals surface area contributed by atoms with E-state index in [0.29, 0.717) is 17.6 Å². The molecule has 5 nitrogen and oxygen atoms in total. The average molecular weight is 292 g/mol. The van der Waals surface area contributed by atoms with E-state index in [4.69, 9.17) is 0 Å². The minimum atomic E-state index is -0.616. The Morgan fingerprint density at radius 3 is 2.59 bits per heavy atom. The van der Waals surface area contributed by atoms with Crippen molar-refractivity contribution in [1.82, 2.24) is 9.55 Å². The number of hydrogen-bond donors (Lipinski definition) is 0. The highest BCUT2D eigenvalue weighted by molar-refractivity contribution is 6.20. The first-order valence-corrected chi connectivity index (χ1v) is 6.95. The molecule has 22 heavy (non-hydrogen) atoms. The smallest absolute Gasteiger partial charge is 0.349 e. The molecule has 0 aliphatic carbocycles. The van der Waals surface area contributed by atoms with Crippen molar-refractivity contribution < 1.29 is 14.3 Å². The molecule has 0 saturated carbocycles. The molecule has 0 fully saturated rings. The molecule has 0 spiro atoms. The summed E-state index contributed by atoms with van der Waals surface area (Å²) in [6, 6.07) is 13.5. The van der Waals surface area contributed by atoms with Gasteiger partial charge in [-0.3, -0.25) is 0 Å². The van der Waals surface area contributed by atoms with Crippen molar-refractivity contribution in [2.75, 3.05) is 0 Å². The standard InChI is InChI=1S/C17H12N2O3/c1-10-18-15-13(19(10)9-11-5-3-2-4-6-11)8-7-12-14(15)17(21)22-16(12)20/h2-8H,9H2,1H3. The van der Waals surface area contributed by atoms with Gasteiger partial charge in [-0.05, 0) is 24.6 Å². The summed E-state index contributed by atoms with van der Waals surface area (Å²) in [5.41, 5.74) is 3.07. The number of imidazole rings is 1. The quantitative estimate of drug-likeness (QED) is 0.538. The lowest BCUT2D eigenvalue weighted by atomic mass is 10.1. The number of ether oxygens (including phenoxy) is 1. The Hall–Kier alpha value is -2.95. The second-order valence-corrected chi connectivity index (χ2v) is 5.26. The lowest BCUT2D eigenvalue weighted by Gasteiger charge is -2.07. The summed E-state index contributed by atoms with van der Waals surface area (Å²) in [6.45, 7) is 2.54. The zero-order chi connectivity index (χ0) is 15.3. The van der Waals surface area contributed by atoms with Crippen molar-refractivity contribution >= 4 is 23.0 Å². The molecule has 1 aromatic heterocycles. The van der Waals surface area contributed by atoms with Gasteiger partial charge in [0.2, 0.25) is 0 Å². The van der Waals surface area contributed by atoms with Gasteiger partial charge < -0.3 is 9.30 Å². The van der Waals surface area contributed by atoms with Gasteiger partial charge >= 0.3 is 11.9 Å². The van der Waals surface area contributed by atoms with Gasteiger partial charge in [-0.15, -0.1) is 0 Å². The van der Waals surface area contributed by atoms with Crippen LogP contribution in [0.25, 0.3) is 11.0 Å². The second-order valence-electron chi connectivity index (χ2n) is 5.26. The Balaban J connectivity index is 1.91. The van der Waals surface area contributed by atoms with Gasteiger partial charge in [0.1, 0.15) is 16.9 Å². The van der Waals surface area contributed by atoms with E-state index in [1.165, 1.54) is 0 Å². The van der Waals surface area contributed by atoms with Crippen molar-refractivity contribution in [3.8, 4) is 0 Å². The molecule has 1 aliphatic rings. The number of carbonyl (C=O) groups is 2. The van der Waals surface area contributed by atoms with Crippen molar-refractivity contribution in [3.63, 3.8) is 0 Å². The summed E-state index contributed by atoms with van der Waals surface area (Å²) in [4.78, 5) is 28.0. The van der Waals surface area contributed by atoms with Crippen LogP contribution in [0.3, 0.4) is 0 Å². The fraction of sp³-hybridized carbons (Fsp3) is 0.118. The average Bonchev–Trinajstić information content (AvgIpc) is 2.98. The molecule has 0 radical (unpaired) electrons. The number of fused-ring (bicyclic) bond motifs is 3.